The molecule has 3 heteroatoms. The zero-order valence-corrected chi connectivity index (χ0v) is 10.4. The van der Waals surface area contributed by atoms with Crippen LogP contribution in [0.3, 0.4) is 0 Å². The van der Waals surface area contributed by atoms with Crippen molar-refractivity contribution in [2.75, 3.05) is 13.1 Å². The van der Waals surface area contributed by atoms with E-state index in [1.807, 2.05) is 31.2 Å². The Morgan fingerprint density at radius 3 is 2.59 bits per heavy atom. The molecule has 1 aromatic rings. The molecule has 1 aliphatic rings. The fraction of sp³-hybridized carbons (Fsp3) is 0.500. The molecule has 0 radical (unpaired) electrons. The molecule has 1 N–H and O–H groups in total. The molecule has 1 aromatic carbocycles. The number of rotatable bonds is 1. The van der Waals surface area contributed by atoms with Crippen molar-refractivity contribution in [1.29, 1.82) is 0 Å². The van der Waals surface area contributed by atoms with Crippen LogP contribution in [0, 0.1) is 6.92 Å². The van der Waals surface area contributed by atoms with E-state index in [1.54, 1.807) is 11.8 Å². The number of piperidine rings is 1. The van der Waals surface area contributed by atoms with Gasteiger partial charge in [-0.1, -0.05) is 17.7 Å². The van der Waals surface area contributed by atoms with Crippen molar-refractivity contribution in [2.45, 2.75) is 32.3 Å². The minimum Gasteiger partial charge on any atom is -0.388 e. The molecule has 17 heavy (non-hydrogen) atoms. The minimum atomic E-state index is -0.737. The molecule has 0 aliphatic carbocycles. The molecule has 1 saturated heterocycles. The van der Waals surface area contributed by atoms with Crippen LogP contribution in [0.2, 0.25) is 0 Å². The molecule has 1 atom stereocenters. The first kappa shape index (κ1) is 12.1. The Morgan fingerprint density at radius 2 is 2.00 bits per heavy atom. The van der Waals surface area contributed by atoms with Gasteiger partial charge in [0.2, 0.25) is 0 Å². The zero-order chi connectivity index (χ0) is 12.5. The van der Waals surface area contributed by atoms with Gasteiger partial charge in [-0.25, -0.2) is 0 Å². The van der Waals surface area contributed by atoms with Gasteiger partial charge in [-0.2, -0.15) is 0 Å². The van der Waals surface area contributed by atoms with E-state index in [9.17, 15) is 9.90 Å². The monoisotopic (exact) mass is 233 g/mol. The van der Waals surface area contributed by atoms with Crippen LogP contribution in [0.25, 0.3) is 0 Å². The molecule has 1 heterocycles. The van der Waals surface area contributed by atoms with Crippen molar-refractivity contribution in [2.24, 2.45) is 0 Å². The van der Waals surface area contributed by atoms with Crippen LogP contribution in [-0.4, -0.2) is 34.6 Å². The quantitative estimate of drug-likeness (QED) is 0.805. The number of β-amino-alcohol motifs (C(OH)–C–C–N with tert-alkyl or cyclic N) is 1. The predicted molar refractivity (Wildman–Crippen MR) is 66.9 cm³/mol. The van der Waals surface area contributed by atoms with Gasteiger partial charge in [0.05, 0.1) is 5.60 Å². The number of aliphatic hydroxyl groups is 1. The molecule has 0 spiro atoms. The fourth-order valence-electron chi connectivity index (χ4n) is 2.27. The third kappa shape index (κ3) is 2.86. The van der Waals surface area contributed by atoms with Crippen LogP contribution in [0.4, 0.5) is 0 Å². The predicted octanol–water partition coefficient (Wildman–Crippen LogP) is 1.98. The lowest BCUT2D eigenvalue weighted by atomic mass is 9.94. The Bertz CT molecular complexity index is 409. The SMILES string of the molecule is Cc1ccc(C(=O)N2CCCC(C)(O)C2)cc1. The number of carbonyl (C=O) groups excluding carboxylic acids is 1. The van der Waals surface area contributed by atoms with Gasteiger partial charge in [-0.15, -0.1) is 0 Å². The number of likely N-dealkylation sites (tertiary alicyclic amines) is 1. The molecular formula is C14H19NO2. The molecule has 3 nitrogen and oxygen atoms in total. The van der Waals surface area contributed by atoms with Crippen LogP contribution < -0.4 is 0 Å². The van der Waals surface area contributed by atoms with Crippen molar-refractivity contribution < 1.29 is 9.90 Å². The fourth-order valence-corrected chi connectivity index (χ4v) is 2.27. The second kappa shape index (κ2) is 4.49. The van der Waals surface area contributed by atoms with Crippen LogP contribution >= 0.6 is 0 Å². The smallest absolute Gasteiger partial charge is 0.253 e. The van der Waals surface area contributed by atoms with Gasteiger partial charge in [-0.05, 0) is 38.8 Å². The van der Waals surface area contributed by atoms with E-state index >= 15 is 0 Å². The van der Waals surface area contributed by atoms with Crippen molar-refractivity contribution in [1.82, 2.24) is 4.90 Å². The van der Waals surface area contributed by atoms with Gasteiger partial charge in [-0.3, -0.25) is 4.79 Å². The Hall–Kier alpha value is -1.35. The molecule has 0 aromatic heterocycles. The maximum Gasteiger partial charge on any atom is 0.253 e. The number of aryl methyl sites for hydroxylation is 1. The summed E-state index contributed by atoms with van der Waals surface area (Å²) in [5.41, 5.74) is 1.11. The highest BCUT2D eigenvalue weighted by atomic mass is 16.3. The summed E-state index contributed by atoms with van der Waals surface area (Å²) >= 11 is 0. The van der Waals surface area contributed by atoms with Crippen molar-refractivity contribution in [3.05, 3.63) is 35.4 Å². The zero-order valence-electron chi connectivity index (χ0n) is 10.4. The normalized spacial score (nSPS) is 24.8. The van der Waals surface area contributed by atoms with Crippen LogP contribution in [0.1, 0.15) is 35.7 Å². The number of hydrogen-bond donors (Lipinski definition) is 1. The van der Waals surface area contributed by atoms with Crippen molar-refractivity contribution in [3.8, 4) is 0 Å². The van der Waals surface area contributed by atoms with Crippen molar-refractivity contribution in [3.63, 3.8) is 0 Å². The second-order valence-electron chi connectivity index (χ2n) is 5.19. The third-order valence-corrected chi connectivity index (χ3v) is 3.26. The lowest BCUT2D eigenvalue weighted by Gasteiger charge is -2.36. The third-order valence-electron chi connectivity index (χ3n) is 3.26. The summed E-state index contributed by atoms with van der Waals surface area (Å²) < 4.78 is 0. The molecule has 1 fully saturated rings. The lowest BCUT2D eigenvalue weighted by molar-refractivity contribution is -0.0107. The highest BCUT2D eigenvalue weighted by Gasteiger charge is 2.31. The molecule has 2 rings (SSSR count). The molecule has 0 saturated carbocycles. The first-order valence-corrected chi connectivity index (χ1v) is 6.06. The Balaban J connectivity index is 2.12. The molecule has 92 valence electrons. The standard InChI is InChI=1S/C14H19NO2/c1-11-4-6-12(7-5-11)13(16)15-9-3-8-14(2,17)10-15/h4-7,17H,3,8-10H2,1-2H3. The number of amides is 1. The van der Waals surface area contributed by atoms with Gasteiger partial charge in [0.1, 0.15) is 0 Å². The largest absolute Gasteiger partial charge is 0.388 e. The highest BCUT2D eigenvalue weighted by Crippen LogP contribution is 2.21. The van der Waals surface area contributed by atoms with Gasteiger partial charge < -0.3 is 10.0 Å². The van der Waals surface area contributed by atoms with E-state index in [0.717, 1.165) is 24.9 Å². The van der Waals surface area contributed by atoms with Crippen LogP contribution in [0.15, 0.2) is 24.3 Å². The first-order valence-electron chi connectivity index (χ1n) is 6.06. The Labute approximate surface area is 102 Å². The average Bonchev–Trinajstić information content (AvgIpc) is 2.28. The lowest BCUT2D eigenvalue weighted by Crippen LogP contribution is -2.48. The van der Waals surface area contributed by atoms with E-state index < -0.39 is 5.60 Å². The number of nitrogens with zero attached hydrogens (tertiary/aromatic N) is 1. The van der Waals surface area contributed by atoms with Gasteiger partial charge in [0.15, 0.2) is 0 Å². The number of carbonyl (C=O) groups is 1. The molecule has 1 amide bonds. The van der Waals surface area contributed by atoms with E-state index in [4.69, 9.17) is 0 Å². The summed E-state index contributed by atoms with van der Waals surface area (Å²) in [6.45, 7) is 4.96. The summed E-state index contributed by atoms with van der Waals surface area (Å²) in [4.78, 5) is 14.0. The van der Waals surface area contributed by atoms with E-state index in [2.05, 4.69) is 0 Å². The first-order chi connectivity index (χ1) is 7.98. The second-order valence-corrected chi connectivity index (χ2v) is 5.19. The molecule has 1 unspecified atom stereocenters. The molecular weight excluding hydrogens is 214 g/mol. The van der Waals surface area contributed by atoms with E-state index in [0.29, 0.717) is 12.1 Å². The molecule has 1 aliphatic heterocycles. The number of benzene rings is 1. The van der Waals surface area contributed by atoms with Crippen molar-refractivity contribution >= 4 is 5.91 Å². The van der Waals surface area contributed by atoms with Crippen LogP contribution in [0.5, 0.6) is 0 Å². The summed E-state index contributed by atoms with van der Waals surface area (Å²) in [7, 11) is 0. The van der Waals surface area contributed by atoms with E-state index in [-0.39, 0.29) is 5.91 Å². The summed E-state index contributed by atoms with van der Waals surface area (Å²) in [5, 5.41) is 9.99. The maximum atomic E-state index is 12.2. The van der Waals surface area contributed by atoms with Gasteiger partial charge in [0.25, 0.3) is 5.91 Å². The van der Waals surface area contributed by atoms with Crippen LogP contribution in [-0.2, 0) is 0 Å². The number of hydrogen-bond acceptors (Lipinski definition) is 2. The summed E-state index contributed by atoms with van der Waals surface area (Å²) in [5.74, 6) is 0.0185. The van der Waals surface area contributed by atoms with Gasteiger partial charge >= 0.3 is 0 Å². The summed E-state index contributed by atoms with van der Waals surface area (Å²) in [6.07, 6.45) is 1.63. The summed E-state index contributed by atoms with van der Waals surface area (Å²) in [6, 6.07) is 7.58. The van der Waals surface area contributed by atoms with E-state index in [1.165, 1.54) is 0 Å². The maximum absolute atomic E-state index is 12.2. The topological polar surface area (TPSA) is 40.5 Å². The Morgan fingerprint density at radius 1 is 1.35 bits per heavy atom. The molecule has 0 bridgehead atoms. The minimum absolute atomic E-state index is 0.0185. The van der Waals surface area contributed by atoms with Gasteiger partial charge in [0, 0.05) is 18.7 Å². The highest BCUT2D eigenvalue weighted by molar-refractivity contribution is 5.94. The average molecular weight is 233 g/mol. The Kier molecular flexibility index (Phi) is 3.20.